The first kappa shape index (κ1) is 13.7. The summed E-state index contributed by atoms with van der Waals surface area (Å²) in [5.74, 6) is 0.981. The molecular formula is C14H21NO2. The number of hydrogen-bond donors (Lipinski definition) is 1. The first-order valence-corrected chi connectivity index (χ1v) is 6.07. The van der Waals surface area contributed by atoms with Crippen molar-refractivity contribution in [3.8, 4) is 5.75 Å². The van der Waals surface area contributed by atoms with Gasteiger partial charge in [0.2, 0.25) is 0 Å². The molecule has 3 heteroatoms. The number of rotatable bonds is 6. The summed E-state index contributed by atoms with van der Waals surface area (Å²) in [6.45, 7) is 7.00. The van der Waals surface area contributed by atoms with Crippen LogP contribution < -0.4 is 10.5 Å². The topological polar surface area (TPSA) is 52.3 Å². The molecule has 1 unspecified atom stereocenters. The maximum Gasteiger partial charge on any atom is 0.165 e. The average molecular weight is 235 g/mol. The molecule has 17 heavy (non-hydrogen) atoms. The Morgan fingerprint density at radius 2 is 2.18 bits per heavy atom. The molecular weight excluding hydrogens is 214 g/mol. The van der Waals surface area contributed by atoms with E-state index >= 15 is 0 Å². The van der Waals surface area contributed by atoms with Gasteiger partial charge in [0.15, 0.2) is 5.78 Å². The molecule has 2 N–H and O–H groups in total. The molecule has 0 amide bonds. The van der Waals surface area contributed by atoms with Crippen molar-refractivity contribution in [2.24, 2.45) is 11.7 Å². The quantitative estimate of drug-likeness (QED) is 0.771. The molecule has 0 radical (unpaired) electrons. The fourth-order valence-electron chi connectivity index (χ4n) is 1.79. The molecule has 0 spiro atoms. The minimum atomic E-state index is -0.0163. The van der Waals surface area contributed by atoms with E-state index in [1.165, 1.54) is 0 Å². The summed E-state index contributed by atoms with van der Waals surface area (Å²) < 4.78 is 5.45. The molecule has 0 saturated carbocycles. The molecule has 1 aromatic rings. The van der Waals surface area contributed by atoms with Gasteiger partial charge in [0, 0.05) is 11.5 Å². The number of ketones is 1. The Kier molecular flexibility index (Phi) is 5.16. The molecule has 94 valence electrons. The van der Waals surface area contributed by atoms with E-state index in [2.05, 4.69) is 0 Å². The van der Waals surface area contributed by atoms with Crippen molar-refractivity contribution >= 4 is 5.78 Å². The minimum Gasteiger partial charge on any atom is -0.494 e. The predicted molar refractivity (Wildman–Crippen MR) is 69.5 cm³/mol. The Morgan fingerprint density at radius 1 is 1.47 bits per heavy atom. The van der Waals surface area contributed by atoms with Crippen molar-refractivity contribution in [3.05, 3.63) is 29.3 Å². The number of Topliss-reactive ketones (excluding diaryl/α,β-unsaturated/α-hetero) is 1. The number of ether oxygens (including phenoxy) is 1. The standard InChI is InChI=1S/C14H21NO2/c1-4-17-13-6-5-12(9-11(13)3)14(16)10(2)7-8-15/h5-6,9-10H,4,7-8,15H2,1-3H3. The molecule has 1 aromatic carbocycles. The highest BCUT2D eigenvalue weighted by Gasteiger charge is 2.15. The molecule has 0 heterocycles. The van der Waals surface area contributed by atoms with Crippen molar-refractivity contribution < 1.29 is 9.53 Å². The second-order valence-corrected chi connectivity index (χ2v) is 4.26. The maximum atomic E-state index is 12.1. The first-order valence-electron chi connectivity index (χ1n) is 6.07. The fourth-order valence-corrected chi connectivity index (χ4v) is 1.79. The van der Waals surface area contributed by atoms with Gasteiger partial charge in [0.25, 0.3) is 0 Å². The van der Waals surface area contributed by atoms with Gasteiger partial charge in [-0.15, -0.1) is 0 Å². The molecule has 1 atom stereocenters. The van der Waals surface area contributed by atoms with Crippen LogP contribution in [0.5, 0.6) is 5.75 Å². The molecule has 3 nitrogen and oxygen atoms in total. The number of nitrogens with two attached hydrogens (primary N) is 1. The Labute approximate surface area is 103 Å². The van der Waals surface area contributed by atoms with E-state index in [9.17, 15) is 4.79 Å². The number of benzene rings is 1. The summed E-state index contributed by atoms with van der Waals surface area (Å²) in [5.41, 5.74) is 7.21. The first-order chi connectivity index (χ1) is 8.10. The number of carbonyl (C=O) groups excluding carboxylic acids is 1. The van der Waals surface area contributed by atoms with E-state index in [0.29, 0.717) is 13.2 Å². The molecule has 0 fully saturated rings. The van der Waals surface area contributed by atoms with Crippen molar-refractivity contribution in [3.63, 3.8) is 0 Å². The lowest BCUT2D eigenvalue weighted by Gasteiger charge is -2.11. The van der Waals surface area contributed by atoms with Gasteiger partial charge in [-0.05, 0) is 50.6 Å². The van der Waals surface area contributed by atoms with Gasteiger partial charge in [-0.3, -0.25) is 4.79 Å². The molecule has 0 aromatic heterocycles. The van der Waals surface area contributed by atoms with Crippen LogP contribution in [-0.2, 0) is 0 Å². The smallest absolute Gasteiger partial charge is 0.165 e. The molecule has 0 aliphatic rings. The molecule has 0 bridgehead atoms. The summed E-state index contributed by atoms with van der Waals surface area (Å²) in [5, 5.41) is 0. The van der Waals surface area contributed by atoms with Gasteiger partial charge in [-0.25, -0.2) is 0 Å². The zero-order valence-corrected chi connectivity index (χ0v) is 10.8. The second-order valence-electron chi connectivity index (χ2n) is 4.26. The Morgan fingerprint density at radius 3 is 2.71 bits per heavy atom. The number of carbonyl (C=O) groups is 1. The van der Waals surface area contributed by atoms with Crippen LogP contribution >= 0.6 is 0 Å². The van der Waals surface area contributed by atoms with Crippen LogP contribution in [0.2, 0.25) is 0 Å². The van der Waals surface area contributed by atoms with Crippen LogP contribution in [-0.4, -0.2) is 18.9 Å². The Bertz CT molecular complexity index is 388. The summed E-state index contributed by atoms with van der Waals surface area (Å²) in [4.78, 5) is 12.1. The Hall–Kier alpha value is -1.35. The van der Waals surface area contributed by atoms with Gasteiger partial charge in [0.05, 0.1) is 6.61 Å². The van der Waals surface area contributed by atoms with Gasteiger partial charge in [0.1, 0.15) is 5.75 Å². The lowest BCUT2D eigenvalue weighted by atomic mass is 9.95. The van der Waals surface area contributed by atoms with Crippen LogP contribution in [0.15, 0.2) is 18.2 Å². The van der Waals surface area contributed by atoms with Crippen LogP contribution in [0.3, 0.4) is 0 Å². The monoisotopic (exact) mass is 235 g/mol. The third-order valence-electron chi connectivity index (χ3n) is 2.81. The van der Waals surface area contributed by atoms with E-state index in [4.69, 9.17) is 10.5 Å². The summed E-state index contributed by atoms with van der Waals surface area (Å²) in [6, 6.07) is 5.58. The van der Waals surface area contributed by atoms with Gasteiger partial charge in [-0.1, -0.05) is 6.92 Å². The largest absolute Gasteiger partial charge is 0.494 e. The van der Waals surface area contributed by atoms with E-state index in [1.54, 1.807) is 0 Å². The Balaban J connectivity index is 2.85. The number of aryl methyl sites for hydroxylation is 1. The molecule has 1 rings (SSSR count). The number of hydrogen-bond acceptors (Lipinski definition) is 3. The maximum absolute atomic E-state index is 12.1. The SMILES string of the molecule is CCOc1ccc(C(=O)C(C)CCN)cc1C. The minimum absolute atomic E-state index is 0.0163. The van der Waals surface area contributed by atoms with Crippen molar-refractivity contribution in [1.82, 2.24) is 0 Å². The zero-order valence-electron chi connectivity index (χ0n) is 10.8. The van der Waals surface area contributed by atoms with Crippen LogP contribution in [0.4, 0.5) is 0 Å². The van der Waals surface area contributed by atoms with E-state index < -0.39 is 0 Å². The average Bonchev–Trinajstić information content (AvgIpc) is 2.31. The highest BCUT2D eigenvalue weighted by molar-refractivity contribution is 5.97. The van der Waals surface area contributed by atoms with E-state index in [0.717, 1.165) is 23.3 Å². The van der Waals surface area contributed by atoms with Crippen molar-refractivity contribution in [2.75, 3.05) is 13.2 Å². The van der Waals surface area contributed by atoms with Crippen LogP contribution in [0.25, 0.3) is 0 Å². The third-order valence-corrected chi connectivity index (χ3v) is 2.81. The molecule has 0 aliphatic carbocycles. The fraction of sp³-hybridized carbons (Fsp3) is 0.500. The normalized spacial score (nSPS) is 12.2. The van der Waals surface area contributed by atoms with Gasteiger partial charge >= 0.3 is 0 Å². The lowest BCUT2D eigenvalue weighted by molar-refractivity contribution is 0.0925. The van der Waals surface area contributed by atoms with Gasteiger partial charge < -0.3 is 10.5 Å². The zero-order chi connectivity index (χ0) is 12.8. The van der Waals surface area contributed by atoms with Crippen molar-refractivity contribution in [2.45, 2.75) is 27.2 Å². The van der Waals surface area contributed by atoms with E-state index in [1.807, 2.05) is 39.0 Å². The van der Waals surface area contributed by atoms with Crippen molar-refractivity contribution in [1.29, 1.82) is 0 Å². The highest BCUT2D eigenvalue weighted by Crippen LogP contribution is 2.21. The van der Waals surface area contributed by atoms with Crippen LogP contribution in [0, 0.1) is 12.8 Å². The highest BCUT2D eigenvalue weighted by atomic mass is 16.5. The summed E-state index contributed by atoms with van der Waals surface area (Å²) in [6.07, 6.45) is 0.727. The summed E-state index contributed by atoms with van der Waals surface area (Å²) >= 11 is 0. The third kappa shape index (κ3) is 3.56. The van der Waals surface area contributed by atoms with E-state index in [-0.39, 0.29) is 11.7 Å². The van der Waals surface area contributed by atoms with Gasteiger partial charge in [-0.2, -0.15) is 0 Å². The predicted octanol–water partition coefficient (Wildman–Crippen LogP) is 2.56. The summed E-state index contributed by atoms with van der Waals surface area (Å²) in [7, 11) is 0. The second kappa shape index (κ2) is 6.40. The van der Waals surface area contributed by atoms with Crippen LogP contribution in [0.1, 0.15) is 36.2 Å². The molecule has 0 aliphatic heterocycles. The molecule has 0 saturated heterocycles. The lowest BCUT2D eigenvalue weighted by Crippen LogP contribution is -2.15.